The molecule has 5 nitrogen and oxygen atoms in total. The molecule has 0 N–H and O–H groups in total. The normalized spacial score (nSPS) is 17.7. The average molecular weight is 377 g/mol. The van der Waals surface area contributed by atoms with Crippen molar-refractivity contribution in [3.8, 4) is 0 Å². The van der Waals surface area contributed by atoms with Gasteiger partial charge >= 0.3 is 0 Å². The van der Waals surface area contributed by atoms with Gasteiger partial charge in [-0.1, -0.05) is 54.6 Å². The molecule has 0 radical (unpaired) electrons. The molecule has 146 valence electrons. The second kappa shape index (κ2) is 8.67. The highest BCUT2D eigenvalue weighted by molar-refractivity contribution is 5.25. The van der Waals surface area contributed by atoms with Crippen LogP contribution in [-0.2, 0) is 24.2 Å². The zero-order chi connectivity index (χ0) is 19.3. The third kappa shape index (κ3) is 4.66. The third-order valence-corrected chi connectivity index (χ3v) is 5.32. The van der Waals surface area contributed by atoms with Gasteiger partial charge in [0.1, 0.15) is 11.6 Å². The molecule has 0 spiro atoms. The molecule has 0 unspecified atom stereocenters. The fourth-order valence-corrected chi connectivity index (χ4v) is 3.82. The Morgan fingerprint density at radius 2 is 1.79 bits per heavy atom. The van der Waals surface area contributed by atoms with Gasteiger partial charge in [0.05, 0.1) is 19.3 Å². The Balaban J connectivity index is 1.43. The van der Waals surface area contributed by atoms with Crippen LogP contribution >= 0.6 is 0 Å². The highest BCUT2D eigenvalue weighted by Gasteiger charge is 2.23. The van der Waals surface area contributed by atoms with Crippen molar-refractivity contribution in [1.82, 2.24) is 19.7 Å². The van der Waals surface area contributed by atoms with Crippen molar-refractivity contribution in [2.45, 2.75) is 39.5 Å². The number of ether oxygens (including phenoxy) is 1. The van der Waals surface area contributed by atoms with E-state index in [1.807, 2.05) is 11.6 Å². The van der Waals surface area contributed by atoms with Crippen molar-refractivity contribution in [3.05, 3.63) is 82.9 Å². The lowest BCUT2D eigenvalue weighted by molar-refractivity contribution is -0.0317. The van der Waals surface area contributed by atoms with E-state index in [2.05, 4.69) is 71.5 Å². The molecule has 2 heterocycles. The standard InChI is InChI=1S/C23H28N4O/c1-18-8-6-7-11-21(18)16-27-23(24-19(2)25-27)14-22-17-26(12-13-28-22)15-20-9-4-3-5-10-20/h3-11,22H,12-17H2,1-2H3/t22-/m1/s1. The Hall–Kier alpha value is -2.50. The molecule has 1 aliphatic heterocycles. The Kier molecular flexibility index (Phi) is 5.84. The van der Waals surface area contributed by atoms with Crippen LogP contribution in [0.4, 0.5) is 0 Å². The summed E-state index contributed by atoms with van der Waals surface area (Å²) in [5, 5.41) is 4.64. The number of hydrogen-bond donors (Lipinski definition) is 0. The van der Waals surface area contributed by atoms with Gasteiger partial charge in [-0.2, -0.15) is 5.10 Å². The third-order valence-electron chi connectivity index (χ3n) is 5.32. The molecule has 3 aromatic rings. The number of aryl methyl sites for hydroxylation is 2. The van der Waals surface area contributed by atoms with Gasteiger partial charge in [0.2, 0.25) is 0 Å². The van der Waals surface area contributed by atoms with E-state index < -0.39 is 0 Å². The Morgan fingerprint density at radius 1 is 1.00 bits per heavy atom. The van der Waals surface area contributed by atoms with E-state index >= 15 is 0 Å². The minimum atomic E-state index is 0.150. The molecule has 1 aromatic heterocycles. The Bertz CT molecular complexity index is 906. The number of benzene rings is 2. The number of aromatic nitrogens is 3. The SMILES string of the molecule is Cc1nc(C[C@@H]2CN(Cc3ccccc3)CCO2)n(Cc2ccccc2C)n1. The van der Waals surface area contributed by atoms with E-state index in [4.69, 9.17) is 9.72 Å². The summed E-state index contributed by atoms with van der Waals surface area (Å²) in [5.41, 5.74) is 3.91. The lowest BCUT2D eigenvalue weighted by atomic mass is 10.1. The topological polar surface area (TPSA) is 43.2 Å². The van der Waals surface area contributed by atoms with Crippen molar-refractivity contribution < 1.29 is 4.74 Å². The summed E-state index contributed by atoms with van der Waals surface area (Å²) >= 11 is 0. The van der Waals surface area contributed by atoms with Gasteiger partial charge in [-0.3, -0.25) is 4.90 Å². The van der Waals surface area contributed by atoms with Crippen LogP contribution in [0, 0.1) is 13.8 Å². The van der Waals surface area contributed by atoms with Gasteiger partial charge in [0, 0.05) is 26.1 Å². The van der Waals surface area contributed by atoms with Crippen LogP contribution in [0.5, 0.6) is 0 Å². The van der Waals surface area contributed by atoms with Crippen molar-refractivity contribution in [2.75, 3.05) is 19.7 Å². The highest BCUT2D eigenvalue weighted by Crippen LogP contribution is 2.16. The predicted octanol–water partition coefficient (Wildman–Crippen LogP) is 3.39. The van der Waals surface area contributed by atoms with Crippen LogP contribution in [0.2, 0.25) is 0 Å². The maximum Gasteiger partial charge on any atom is 0.147 e. The van der Waals surface area contributed by atoms with Crippen LogP contribution in [-0.4, -0.2) is 45.5 Å². The molecule has 0 amide bonds. The first-order valence-corrected chi connectivity index (χ1v) is 10.00. The summed E-state index contributed by atoms with van der Waals surface area (Å²) in [6.07, 6.45) is 0.939. The van der Waals surface area contributed by atoms with E-state index in [1.165, 1.54) is 16.7 Å². The van der Waals surface area contributed by atoms with Gasteiger partial charge < -0.3 is 4.74 Å². The second-order valence-electron chi connectivity index (χ2n) is 7.58. The van der Waals surface area contributed by atoms with Crippen LogP contribution < -0.4 is 0 Å². The predicted molar refractivity (Wildman–Crippen MR) is 110 cm³/mol. The lowest BCUT2D eigenvalue weighted by Gasteiger charge is -2.32. The maximum absolute atomic E-state index is 6.07. The van der Waals surface area contributed by atoms with Crippen LogP contribution in [0.3, 0.4) is 0 Å². The van der Waals surface area contributed by atoms with Crippen LogP contribution in [0.25, 0.3) is 0 Å². The average Bonchev–Trinajstić information content (AvgIpc) is 3.03. The monoisotopic (exact) mass is 376 g/mol. The quantitative estimate of drug-likeness (QED) is 0.661. The summed E-state index contributed by atoms with van der Waals surface area (Å²) in [7, 11) is 0. The van der Waals surface area contributed by atoms with E-state index in [9.17, 15) is 0 Å². The number of hydrogen-bond acceptors (Lipinski definition) is 4. The molecule has 28 heavy (non-hydrogen) atoms. The smallest absolute Gasteiger partial charge is 0.147 e. The zero-order valence-corrected chi connectivity index (χ0v) is 16.7. The van der Waals surface area contributed by atoms with E-state index in [-0.39, 0.29) is 6.10 Å². The summed E-state index contributed by atoms with van der Waals surface area (Å²) in [6, 6.07) is 19.1. The van der Waals surface area contributed by atoms with Crippen molar-refractivity contribution in [1.29, 1.82) is 0 Å². The van der Waals surface area contributed by atoms with E-state index in [1.54, 1.807) is 0 Å². The maximum atomic E-state index is 6.07. The van der Waals surface area contributed by atoms with Gasteiger partial charge in [-0.05, 0) is 30.5 Å². The van der Waals surface area contributed by atoms with E-state index in [0.717, 1.165) is 50.9 Å². The minimum Gasteiger partial charge on any atom is -0.375 e. The molecule has 0 saturated carbocycles. The van der Waals surface area contributed by atoms with Crippen molar-refractivity contribution in [3.63, 3.8) is 0 Å². The Morgan fingerprint density at radius 3 is 2.61 bits per heavy atom. The largest absolute Gasteiger partial charge is 0.375 e. The number of rotatable bonds is 6. The molecule has 1 fully saturated rings. The first-order chi connectivity index (χ1) is 13.7. The van der Waals surface area contributed by atoms with E-state index in [0.29, 0.717) is 0 Å². The van der Waals surface area contributed by atoms with Gasteiger partial charge in [-0.15, -0.1) is 0 Å². The molecule has 1 aliphatic rings. The molecule has 0 aliphatic carbocycles. The minimum absolute atomic E-state index is 0.150. The fraction of sp³-hybridized carbons (Fsp3) is 0.391. The van der Waals surface area contributed by atoms with Crippen LogP contribution in [0.1, 0.15) is 28.3 Å². The van der Waals surface area contributed by atoms with Crippen LogP contribution in [0.15, 0.2) is 54.6 Å². The fourth-order valence-electron chi connectivity index (χ4n) is 3.82. The summed E-state index contributed by atoms with van der Waals surface area (Å²) < 4.78 is 8.10. The molecule has 0 bridgehead atoms. The molecular formula is C23H28N4O. The molecule has 1 saturated heterocycles. The first kappa shape index (κ1) is 18.8. The number of nitrogens with zero attached hydrogens (tertiary/aromatic N) is 4. The molecule has 4 rings (SSSR count). The van der Waals surface area contributed by atoms with Crippen molar-refractivity contribution in [2.24, 2.45) is 0 Å². The van der Waals surface area contributed by atoms with Gasteiger partial charge in [0.25, 0.3) is 0 Å². The van der Waals surface area contributed by atoms with Crippen molar-refractivity contribution >= 4 is 0 Å². The number of morpholine rings is 1. The highest BCUT2D eigenvalue weighted by atomic mass is 16.5. The molecular weight excluding hydrogens is 348 g/mol. The van der Waals surface area contributed by atoms with Gasteiger partial charge in [-0.25, -0.2) is 9.67 Å². The Labute approximate surface area is 167 Å². The molecule has 5 heteroatoms. The molecule has 1 atom stereocenters. The molecule has 2 aromatic carbocycles. The summed E-state index contributed by atoms with van der Waals surface area (Å²) in [6.45, 7) is 8.48. The lowest BCUT2D eigenvalue weighted by Crippen LogP contribution is -2.43. The second-order valence-corrected chi connectivity index (χ2v) is 7.58. The first-order valence-electron chi connectivity index (χ1n) is 10.00. The summed E-state index contributed by atoms with van der Waals surface area (Å²) in [4.78, 5) is 7.16. The van der Waals surface area contributed by atoms with Gasteiger partial charge in [0.15, 0.2) is 0 Å². The zero-order valence-electron chi connectivity index (χ0n) is 16.7. The summed E-state index contributed by atoms with van der Waals surface area (Å²) in [5.74, 6) is 1.83.